The summed E-state index contributed by atoms with van der Waals surface area (Å²) in [6.45, 7) is 2.03. The van der Waals surface area contributed by atoms with Gasteiger partial charge in [-0.1, -0.05) is 12.5 Å². The number of halogens is 1. The third-order valence-electron chi connectivity index (χ3n) is 3.10. The maximum absolute atomic E-state index is 11.7. The van der Waals surface area contributed by atoms with E-state index in [2.05, 4.69) is 21.2 Å². The zero-order valence-electron chi connectivity index (χ0n) is 9.42. The van der Waals surface area contributed by atoms with Crippen LogP contribution in [0.2, 0.25) is 0 Å². The lowest BCUT2D eigenvalue weighted by molar-refractivity contribution is -0.117. The lowest BCUT2D eigenvalue weighted by atomic mass is 9.83. The van der Waals surface area contributed by atoms with Crippen molar-refractivity contribution >= 4 is 27.5 Å². The van der Waals surface area contributed by atoms with E-state index in [9.17, 15) is 4.79 Å². The SMILES string of the molecule is Cc1ccc(NC(=O)CC2CCC2)c(Br)c1. The van der Waals surface area contributed by atoms with Gasteiger partial charge < -0.3 is 5.32 Å². The van der Waals surface area contributed by atoms with Crippen LogP contribution in [0.25, 0.3) is 0 Å². The standard InChI is InChI=1S/C13H16BrNO/c1-9-5-6-12(11(14)7-9)15-13(16)8-10-3-2-4-10/h5-7,10H,2-4,8H2,1H3,(H,15,16). The molecule has 0 bridgehead atoms. The molecule has 1 N–H and O–H groups in total. The average Bonchev–Trinajstić information content (AvgIpc) is 2.16. The third kappa shape index (κ3) is 2.85. The van der Waals surface area contributed by atoms with Crippen molar-refractivity contribution in [3.8, 4) is 0 Å². The van der Waals surface area contributed by atoms with Gasteiger partial charge in [-0.25, -0.2) is 0 Å². The molecule has 0 atom stereocenters. The first-order chi connectivity index (χ1) is 7.65. The molecule has 1 fully saturated rings. The van der Waals surface area contributed by atoms with E-state index < -0.39 is 0 Å². The Kier molecular flexibility index (Phi) is 3.64. The van der Waals surface area contributed by atoms with Crippen molar-refractivity contribution in [2.45, 2.75) is 32.6 Å². The van der Waals surface area contributed by atoms with Crippen LogP contribution in [0.1, 0.15) is 31.2 Å². The number of nitrogens with one attached hydrogen (secondary N) is 1. The smallest absolute Gasteiger partial charge is 0.224 e. The summed E-state index contributed by atoms with van der Waals surface area (Å²) in [4.78, 5) is 11.7. The number of benzene rings is 1. The van der Waals surface area contributed by atoms with Crippen molar-refractivity contribution in [2.75, 3.05) is 5.32 Å². The summed E-state index contributed by atoms with van der Waals surface area (Å²) in [6, 6.07) is 5.96. The van der Waals surface area contributed by atoms with E-state index in [1.54, 1.807) is 0 Å². The maximum Gasteiger partial charge on any atom is 0.224 e. The van der Waals surface area contributed by atoms with Crippen molar-refractivity contribution in [1.29, 1.82) is 0 Å². The summed E-state index contributed by atoms with van der Waals surface area (Å²) in [5.74, 6) is 0.749. The van der Waals surface area contributed by atoms with Crippen molar-refractivity contribution < 1.29 is 4.79 Å². The van der Waals surface area contributed by atoms with Gasteiger partial charge in [0.2, 0.25) is 5.91 Å². The molecule has 0 unspecified atom stereocenters. The van der Waals surface area contributed by atoms with Gasteiger partial charge in [0.25, 0.3) is 0 Å². The number of aryl methyl sites for hydroxylation is 1. The molecular weight excluding hydrogens is 266 g/mol. The van der Waals surface area contributed by atoms with Crippen molar-refractivity contribution in [2.24, 2.45) is 5.92 Å². The number of carbonyl (C=O) groups is 1. The lowest BCUT2D eigenvalue weighted by Gasteiger charge is -2.24. The summed E-state index contributed by atoms with van der Waals surface area (Å²) in [5.41, 5.74) is 2.05. The molecule has 0 saturated heterocycles. The molecule has 1 aromatic carbocycles. The lowest BCUT2D eigenvalue weighted by Crippen LogP contribution is -2.21. The number of hydrogen-bond donors (Lipinski definition) is 1. The predicted molar refractivity (Wildman–Crippen MR) is 69.5 cm³/mol. The summed E-state index contributed by atoms with van der Waals surface area (Å²) in [7, 11) is 0. The third-order valence-corrected chi connectivity index (χ3v) is 3.75. The summed E-state index contributed by atoms with van der Waals surface area (Å²) < 4.78 is 0.953. The van der Waals surface area contributed by atoms with Gasteiger partial charge in [-0.15, -0.1) is 0 Å². The van der Waals surface area contributed by atoms with Crippen molar-refractivity contribution in [3.63, 3.8) is 0 Å². The number of rotatable bonds is 3. The summed E-state index contributed by atoms with van der Waals surface area (Å²) in [6.07, 6.45) is 4.37. The van der Waals surface area contributed by atoms with Crippen LogP contribution in [-0.4, -0.2) is 5.91 Å². The minimum Gasteiger partial charge on any atom is -0.325 e. The van der Waals surface area contributed by atoms with Crippen LogP contribution < -0.4 is 5.32 Å². The fourth-order valence-electron chi connectivity index (χ4n) is 1.88. The monoisotopic (exact) mass is 281 g/mol. The highest BCUT2D eigenvalue weighted by Gasteiger charge is 2.20. The minimum absolute atomic E-state index is 0.134. The largest absolute Gasteiger partial charge is 0.325 e. The maximum atomic E-state index is 11.7. The van der Waals surface area contributed by atoms with Gasteiger partial charge in [0.15, 0.2) is 0 Å². The highest BCUT2D eigenvalue weighted by atomic mass is 79.9. The fraction of sp³-hybridized carbons (Fsp3) is 0.462. The highest BCUT2D eigenvalue weighted by molar-refractivity contribution is 9.10. The van der Waals surface area contributed by atoms with E-state index in [0.29, 0.717) is 12.3 Å². The van der Waals surface area contributed by atoms with Crippen LogP contribution in [0.3, 0.4) is 0 Å². The molecule has 1 aliphatic rings. The molecule has 0 radical (unpaired) electrons. The summed E-state index contributed by atoms with van der Waals surface area (Å²) in [5, 5.41) is 2.95. The Balaban J connectivity index is 1.94. The summed E-state index contributed by atoms with van der Waals surface area (Å²) >= 11 is 3.46. The van der Waals surface area contributed by atoms with Gasteiger partial charge in [0.05, 0.1) is 5.69 Å². The van der Waals surface area contributed by atoms with Crippen LogP contribution in [0.5, 0.6) is 0 Å². The molecule has 86 valence electrons. The molecule has 2 nitrogen and oxygen atoms in total. The van der Waals surface area contributed by atoms with Gasteiger partial charge in [-0.2, -0.15) is 0 Å². The Morgan fingerprint density at radius 3 is 2.81 bits per heavy atom. The second-order valence-electron chi connectivity index (χ2n) is 4.53. The Morgan fingerprint density at radius 2 is 2.25 bits per heavy atom. The molecule has 1 amide bonds. The Morgan fingerprint density at radius 1 is 1.50 bits per heavy atom. The number of anilines is 1. The normalized spacial score (nSPS) is 15.6. The highest BCUT2D eigenvalue weighted by Crippen LogP contribution is 2.30. The molecule has 0 aliphatic heterocycles. The molecule has 16 heavy (non-hydrogen) atoms. The molecule has 0 aromatic heterocycles. The zero-order valence-corrected chi connectivity index (χ0v) is 11.0. The van der Waals surface area contributed by atoms with Crippen LogP contribution >= 0.6 is 15.9 Å². The molecule has 3 heteroatoms. The number of hydrogen-bond acceptors (Lipinski definition) is 1. The van der Waals surface area contributed by atoms with Gasteiger partial charge in [-0.05, 0) is 59.3 Å². The van der Waals surface area contributed by atoms with E-state index >= 15 is 0 Å². The zero-order chi connectivity index (χ0) is 11.5. The van der Waals surface area contributed by atoms with E-state index in [4.69, 9.17) is 0 Å². The van der Waals surface area contributed by atoms with E-state index in [0.717, 1.165) is 10.2 Å². The second-order valence-corrected chi connectivity index (χ2v) is 5.39. The molecule has 2 rings (SSSR count). The predicted octanol–water partition coefficient (Wildman–Crippen LogP) is 3.89. The van der Waals surface area contributed by atoms with Gasteiger partial charge in [-0.3, -0.25) is 4.79 Å². The average molecular weight is 282 g/mol. The van der Waals surface area contributed by atoms with Crippen LogP contribution in [0, 0.1) is 12.8 Å². The first-order valence-electron chi connectivity index (χ1n) is 5.71. The molecular formula is C13H16BrNO. The molecule has 0 spiro atoms. The van der Waals surface area contributed by atoms with Crippen molar-refractivity contribution in [1.82, 2.24) is 0 Å². The Labute approximate surface area is 105 Å². The molecule has 1 saturated carbocycles. The van der Waals surface area contributed by atoms with Crippen LogP contribution in [-0.2, 0) is 4.79 Å². The van der Waals surface area contributed by atoms with Crippen LogP contribution in [0.15, 0.2) is 22.7 Å². The van der Waals surface area contributed by atoms with Crippen LogP contribution in [0.4, 0.5) is 5.69 Å². The Hall–Kier alpha value is -0.830. The molecule has 0 heterocycles. The second kappa shape index (κ2) is 5.00. The quantitative estimate of drug-likeness (QED) is 0.895. The van der Waals surface area contributed by atoms with E-state index in [-0.39, 0.29) is 5.91 Å². The van der Waals surface area contributed by atoms with Crippen molar-refractivity contribution in [3.05, 3.63) is 28.2 Å². The van der Waals surface area contributed by atoms with Gasteiger partial charge in [0, 0.05) is 10.9 Å². The van der Waals surface area contributed by atoms with Gasteiger partial charge in [0.1, 0.15) is 0 Å². The number of amides is 1. The minimum atomic E-state index is 0.134. The van der Waals surface area contributed by atoms with Gasteiger partial charge >= 0.3 is 0 Å². The Bertz CT molecular complexity index is 399. The first kappa shape index (κ1) is 11.6. The topological polar surface area (TPSA) is 29.1 Å². The number of carbonyl (C=O) groups excluding carboxylic acids is 1. The first-order valence-corrected chi connectivity index (χ1v) is 6.50. The van der Waals surface area contributed by atoms with E-state index in [1.807, 2.05) is 25.1 Å². The fourth-order valence-corrected chi connectivity index (χ4v) is 2.47. The van der Waals surface area contributed by atoms with E-state index in [1.165, 1.54) is 24.8 Å². The molecule has 1 aliphatic carbocycles. The molecule has 1 aromatic rings.